The number of rotatable bonds is 13. The quantitative estimate of drug-likeness (QED) is 0.233. The molecule has 2 atom stereocenters. The van der Waals surface area contributed by atoms with E-state index in [1.54, 1.807) is 30.0 Å². The van der Waals surface area contributed by atoms with E-state index in [9.17, 15) is 19.8 Å². The molecular weight excluding hydrogens is 516 g/mol. The van der Waals surface area contributed by atoms with E-state index < -0.39 is 12.1 Å². The fraction of sp³-hybridized carbons (Fsp3) is 0.484. The number of anilines is 1. The van der Waals surface area contributed by atoms with Gasteiger partial charge >= 0.3 is 5.97 Å². The summed E-state index contributed by atoms with van der Waals surface area (Å²) in [5.74, 6) is -0.398. The summed E-state index contributed by atoms with van der Waals surface area (Å²) in [6, 6.07) is 11.2. The lowest BCUT2D eigenvalue weighted by Crippen LogP contribution is -2.30. The van der Waals surface area contributed by atoms with Gasteiger partial charge < -0.3 is 24.7 Å². The topological polar surface area (TPSA) is 90.3 Å². The Morgan fingerprint density at radius 1 is 1.18 bits per heavy atom. The standard InChI is InChI=1S/C31H41ClN2O5/c1-4-11-23-18-26(32)13-14-27(23)25-20-34(17-10-8-6-5-7-9-16-33(3)22(2)35)28-19-24(30(36)31(37)38)12-15-29(28)39-21-25/h5,7,12-15,18-19,25,30,36H,4,6,8-11,16-17,20-21H2,1-3H3,(H,37,38)/b7-5+. The Kier molecular flexibility index (Phi) is 11.7. The number of unbranched alkanes of at least 4 members (excludes halogenated alkanes) is 2. The van der Waals surface area contributed by atoms with Crippen LogP contribution in [0.15, 0.2) is 48.6 Å². The van der Waals surface area contributed by atoms with E-state index in [1.165, 1.54) is 11.1 Å². The minimum Gasteiger partial charge on any atom is -0.491 e. The third kappa shape index (κ3) is 8.73. The summed E-state index contributed by atoms with van der Waals surface area (Å²) in [6.07, 6.45) is 8.37. The molecule has 1 amide bonds. The molecule has 1 heterocycles. The Bertz CT molecular complexity index is 1150. The Hall–Kier alpha value is -3.03. The van der Waals surface area contributed by atoms with Gasteiger partial charge in [0.05, 0.1) is 12.3 Å². The zero-order valence-electron chi connectivity index (χ0n) is 23.2. The number of aryl methyl sites for hydroxylation is 1. The van der Waals surface area contributed by atoms with Crippen LogP contribution in [-0.4, -0.2) is 60.3 Å². The van der Waals surface area contributed by atoms with Gasteiger partial charge in [-0.1, -0.05) is 49.2 Å². The average Bonchev–Trinajstić information content (AvgIpc) is 3.09. The van der Waals surface area contributed by atoms with E-state index in [0.29, 0.717) is 31.0 Å². The molecule has 1 aliphatic rings. The molecule has 0 saturated carbocycles. The molecule has 0 spiro atoms. The number of benzene rings is 2. The van der Waals surface area contributed by atoms with Crippen molar-refractivity contribution in [1.82, 2.24) is 4.90 Å². The fourth-order valence-corrected chi connectivity index (χ4v) is 5.10. The molecule has 212 valence electrons. The number of aliphatic hydroxyl groups excluding tert-OH is 1. The number of carboxylic acids is 1. The molecule has 2 aromatic carbocycles. The minimum atomic E-state index is -1.59. The largest absolute Gasteiger partial charge is 0.491 e. The molecular formula is C31H41ClN2O5. The minimum absolute atomic E-state index is 0.0721. The van der Waals surface area contributed by atoms with Gasteiger partial charge in [0.15, 0.2) is 6.10 Å². The van der Waals surface area contributed by atoms with Gasteiger partial charge in [-0.3, -0.25) is 4.79 Å². The highest BCUT2D eigenvalue weighted by Crippen LogP contribution is 2.38. The summed E-state index contributed by atoms with van der Waals surface area (Å²) < 4.78 is 6.27. The van der Waals surface area contributed by atoms with Crippen LogP contribution in [0, 0.1) is 0 Å². The van der Waals surface area contributed by atoms with Gasteiger partial charge in [0.2, 0.25) is 5.91 Å². The molecule has 2 aromatic rings. The lowest BCUT2D eigenvalue weighted by atomic mass is 9.92. The van der Waals surface area contributed by atoms with Crippen LogP contribution >= 0.6 is 11.6 Å². The van der Waals surface area contributed by atoms with Crippen LogP contribution in [0.3, 0.4) is 0 Å². The maximum atomic E-state index is 11.4. The van der Waals surface area contributed by atoms with Gasteiger partial charge in [-0.05, 0) is 73.1 Å². The van der Waals surface area contributed by atoms with Gasteiger partial charge in [-0.25, -0.2) is 4.79 Å². The number of carbonyl (C=O) groups is 2. The summed E-state index contributed by atoms with van der Waals surface area (Å²) in [7, 11) is 1.81. The maximum Gasteiger partial charge on any atom is 0.337 e. The first kappa shape index (κ1) is 30.5. The fourth-order valence-electron chi connectivity index (χ4n) is 4.91. The molecule has 0 saturated heterocycles. The van der Waals surface area contributed by atoms with Crippen molar-refractivity contribution in [2.45, 2.75) is 64.4 Å². The van der Waals surface area contributed by atoms with Crippen molar-refractivity contribution in [2.75, 3.05) is 38.2 Å². The van der Waals surface area contributed by atoms with Crippen molar-refractivity contribution in [2.24, 2.45) is 0 Å². The number of fused-ring (bicyclic) bond motifs is 1. The summed E-state index contributed by atoms with van der Waals surface area (Å²) in [5, 5.41) is 20.3. The second-order valence-electron chi connectivity index (χ2n) is 10.2. The molecule has 1 aliphatic heterocycles. The first-order valence-corrected chi connectivity index (χ1v) is 14.2. The van der Waals surface area contributed by atoms with Crippen molar-refractivity contribution >= 4 is 29.2 Å². The number of nitrogens with zero attached hydrogens (tertiary/aromatic N) is 2. The number of ether oxygens (including phenoxy) is 1. The summed E-state index contributed by atoms with van der Waals surface area (Å²) in [5.41, 5.74) is 3.60. The van der Waals surface area contributed by atoms with Gasteiger partial charge in [0.25, 0.3) is 0 Å². The summed E-state index contributed by atoms with van der Waals surface area (Å²) >= 11 is 6.32. The zero-order chi connectivity index (χ0) is 28.4. The molecule has 39 heavy (non-hydrogen) atoms. The lowest BCUT2D eigenvalue weighted by Gasteiger charge is -2.28. The van der Waals surface area contributed by atoms with E-state index in [-0.39, 0.29) is 11.8 Å². The highest BCUT2D eigenvalue weighted by Gasteiger charge is 2.27. The Morgan fingerprint density at radius 2 is 1.95 bits per heavy atom. The van der Waals surface area contributed by atoms with Gasteiger partial charge in [-0.2, -0.15) is 0 Å². The molecule has 8 heteroatoms. The number of halogens is 1. The van der Waals surface area contributed by atoms with E-state index >= 15 is 0 Å². The lowest BCUT2D eigenvalue weighted by molar-refractivity contribution is -0.147. The first-order chi connectivity index (χ1) is 18.7. The predicted octanol–water partition coefficient (Wildman–Crippen LogP) is 5.99. The molecule has 0 aromatic heterocycles. The molecule has 3 rings (SSSR count). The van der Waals surface area contributed by atoms with Crippen molar-refractivity contribution < 1.29 is 24.5 Å². The highest BCUT2D eigenvalue weighted by atomic mass is 35.5. The van der Waals surface area contributed by atoms with Gasteiger partial charge in [0.1, 0.15) is 5.75 Å². The summed E-state index contributed by atoms with van der Waals surface area (Å²) in [6.45, 7) is 6.43. The van der Waals surface area contributed by atoms with Crippen molar-refractivity contribution in [3.63, 3.8) is 0 Å². The van der Waals surface area contributed by atoms with Crippen LogP contribution < -0.4 is 9.64 Å². The second kappa shape index (κ2) is 14.9. The number of carboxylic acid groups (broad SMARTS) is 1. The molecule has 0 fully saturated rings. The predicted molar refractivity (Wildman–Crippen MR) is 156 cm³/mol. The molecule has 2 N–H and O–H groups in total. The number of aliphatic carboxylic acids is 1. The maximum absolute atomic E-state index is 11.4. The van der Waals surface area contributed by atoms with E-state index in [1.807, 2.05) is 19.2 Å². The number of allylic oxidation sites excluding steroid dienone is 1. The Morgan fingerprint density at radius 3 is 2.67 bits per heavy atom. The number of carbonyl (C=O) groups excluding carboxylic acids is 1. The van der Waals surface area contributed by atoms with Crippen LogP contribution in [0.25, 0.3) is 0 Å². The van der Waals surface area contributed by atoms with Crippen LogP contribution in [0.4, 0.5) is 5.69 Å². The monoisotopic (exact) mass is 556 g/mol. The van der Waals surface area contributed by atoms with E-state index in [0.717, 1.165) is 55.8 Å². The van der Waals surface area contributed by atoms with Crippen molar-refractivity contribution in [3.05, 3.63) is 70.3 Å². The molecule has 7 nitrogen and oxygen atoms in total. The van der Waals surface area contributed by atoms with Gasteiger partial charge in [-0.15, -0.1) is 0 Å². The molecule has 0 radical (unpaired) electrons. The zero-order valence-corrected chi connectivity index (χ0v) is 24.0. The highest BCUT2D eigenvalue weighted by molar-refractivity contribution is 6.30. The normalized spacial score (nSPS) is 15.9. The van der Waals surface area contributed by atoms with E-state index in [4.69, 9.17) is 16.3 Å². The first-order valence-electron chi connectivity index (χ1n) is 13.8. The number of hydrogen-bond donors (Lipinski definition) is 2. The number of hydrogen-bond acceptors (Lipinski definition) is 5. The van der Waals surface area contributed by atoms with Gasteiger partial charge in [0, 0.05) is 44.5 Å². The SMILES string of the molecule is CCCc1cc(Cl)ccc1C1COc2ccc(C(O)C(=O)O)cc2N(CCCC/C=C/CCN(C)C(C)=O)C1. The molecule has 0 bridgehead atoms. The third-order valence-corrected chi connectivity index (χ3v) is 7.44. The van der Waals surface area contributed by atoms with Crippen LogP contribution in [-0.2, 0) is 16.0 Å². The number of aliphatic hydroxyl groups is 1. The van der Waals surface area contributed by atoms with Crippen LogP contribution in [0.1, 0.15) is 74.7 Å². The number of amides is 1. The van der Waals surface area contributed by atoms with Crippen molar-refractivity contribution in [3.8, 4) is 5.75 Å². The van der Waals surface area contributed by atoms with E-state index in [2.05, 4.69) is 30.0 Å². The van der Waals surface area contributed by atoms with Crippen LogP contribution in [0.2, 0.25) is 5.02 Å². The average molecular weight is 557 g/mol. The molecule has 0 aliphatic carbocycles. The molecule has 2 unspecified atom stereocenters. The Labute approximate surface area is 237 Å². The third-order valence-electron chi connectivity index (χ3n) is 7.20. The smallest absolute Gasteiger partial charge is 0.337 e. The van der Waals surface area contributed by atoms with Crippen LogP contribution in [0.5, 0.6) is 5.75 Å². The Balaban J connectivity index is 1.75. The second-order valence-corrected chi connectivity index (χ2v) is 10.6. The summed E-state index contributed by atoms with van der Waals surface area (Å²) in [4.78, 5) is 26.7. The van der Waals surface area contributed by atoms with Crippen molar-refractivity contribution in [1.29, 1.82) is 0 Å².